The van der Waals surface area contributed by atoms with Crippen molar-refractivity contribution in [2.75, 3.05) is 13.1 Å². The number of rotatable bonds is 0. The van der Waals surface area contributed by atoms with Crippen molar-refractivity contribution >= 4 is 5.91 Å². The van der Waals surface area contributed by atoms with Crippen LogP contribution in [-0.4, -0.2) is 46.3 Å². The van der Waals surface area contributed by atoms with E-state index >= 15 is 0 Å². The number of amides is 1. The monoisotopic (exact) mass is 155 g/mol. The van der Waals surface area contributed by atoms with Crippen molar-refractivity contribution in [3.05, 3.63) is 0 Å². The van der Waals surface area contributed by atoms with Crippen LogP contribution < -0.4 is 0 Å². The quantitative estimate of drug-likeness (QED) is 0.405. The summed E-state index contributed by atoms with van der Waals surface area (Å²) in [7, 11) is 0. The number of hydrogen-bond donors (Lipinski definition) is 2. The minimum absolute atomic E-state index is 0.129. The molecule has 1 amide bonds. The maximum absolute atomic E-state index is 10.8. The number of nitrogens with zero attached hydrogens (tertiary/aromatic N) is 1. The zero-order valence-corrected chi connectivity index (χ0v) is 5.90. The van der Waals surface area contributed by atoms with Crippen LogP contribution in [0.2, 0.25) is 0 Å². The van der Waals surface area contributed by atoms with Crippen LogP contribution in [0, 0.1) is 12.3 Å². The number of aliphatic hydroxyl groups is 2. The summed E-state index contributed by atoms with van der Waals surface area (Å²) in [6.07, 6.45) is 3.13. The molecule has 0 bridgehead atoms. The molecule has 2 N–H and O–H groups in total. The first-order chi connectivity index (χ1) is 5.15. The standard InChI is InChI=1S/C7H9NO3/c1-2-7(11)8-3-5(9)6(10)4-8/h1,5-6,9-10H,3-4H2. The SMILES string of the molecule is C#CC(=O)N1CC(O)C(O)C1. The van der Waals surface area contributed by atoms with Gasteiger partial charge >= 0.3 is 0 Å². The fourth-order valence-corrected chi connectivity index (χ4v) is 1.03. The lowest BCUT2D eigenvalue weighted by Crippen LogP contribution is -2.28. The first kappa shape index (κ1) is 8.05. The van der Waals surface area contributed by atoms with Gasteiger partial charge in [-0.2, -0.15) is 0 Å². The molecule has 0 aromatic carbocycles. The van der Waals surface area contributed by atoms with E-state index in [2.05, 4.69) is 0 Å². The van der Waals surface area contributed by atoms with Crippen molar-refractivity contribution in [3.8, 4) is 12.3 Å². The molecule has 4 heteroatoms. The summed E-state index contributed by atoms with van der Waals surface area (Å²) in [6.45, 7) is 0.258. The van der Waals surface area contributed by atoms with Gasteiger partial charge in [-0.25, -0.2) is 0 Å². The number of terminal acetylenes is 1. The van der Waals surface area contributed by atoms with E-state index in [9.17, 15) is 4.79 Å². The van der Waals surface area contributed by atoms with E-state index in [0.29, 0.717) is 0 Å². The lowest BCUT2D eigenvalue weighted by atomic mass is 10.3. The molecule has 1 saturated heterocycles. The van der Waals surface area contributed by atoms with Crippen LogP contribution in [-0.2, 0) is 4.79 Å². The first-order valence-corrected chi connectivity index (χ1v) is 3.27. The molecule has 1 heterocycles. The molecule has 4 nitrogen and oxygen atoms in total. The summed E-state index contributed by atoms with van der Waals surface area (Å²) >= 11 is 0. The molecule has 0 radical (unpaired) electrons. The van der Waals surface area contributed by atoms with Gasteiger partial charge in [0, 0.05) is 0 Å². The lowest BCUT2D eigenvalue weighted by molar-refractivity contribution is -0.124. The molecule has 0 aromatic rings. The van der Waals surface area contributed by atoms with Gasteiger partial charge in [0.25, 0.3) is 5.91 Å². The average Bonchev–Trinajstić information content (AvgIpc) is 2.31. The molecule has 60 valence electrons. The van der Waals surface area contributed by atoms with Crippen LogP contribution in [0.4, 0.5) is 0 Å². The molecule has 2 unspecified atom stereocenters. The van der Waals surface area contributed by atoms with Gasteiger partial charge in [-0.3, -0.25) is 4.79 Å². The molecular formula is C7H9NO3. The predicted octanol–water partition coefficient (Wildman–Crippen LogP) is -1.82. The Morgan fingerprint density at radius 1 is 1.45 bits per heavy atom. The van der Waals surface area contributed by atoms with Crippen LogP contribution in [0.3, 0.4) is 0 Å². The summed E-state index contributed by atoms with van der Waals surface area (Å²) in [6, 6.07) is 0. The van der Waals surface area contributed by atoms with Gasteiger partial charge in [-0.15, -0.1) is 6.42 Å². The van der Waals surface area contributed by atoms with Crippen molar-refractivity contribution in [1.82, 2.24) is 4.90 Å². The van der Waals surface area contributed by atoms with E-state index in [-0.39, 0.29) is 13.1 Å². The summed E-state index contributed by atoms with van der Waals surface area (Å²) < 4.78 is 0. The minimum atomic E-state index is -0.854. The van der Waals surface area contributed by atoms with Crippen LogP contribution in [0.5, 0.6) is 0 Å². The zero-order valence-electron chi connectivity index (χ0n) is 5.90. The Bertz CT molecular complexity index is 198. The van der Waals surface area contributed by atoms with Crippen LogP contribution >= 0.6 is 0 Å². The second kappa shape index (κ2) is 2.91. The molecule has 11 heavy (non-hydrogen) atoms. The number of hydrogen-bond acceptors (Lipinski definition) is 3. The van der Waals surface area contributed by atoms with Crippen LogP contribution in [0.25, 0.3) is 0 Å². The molecule has 1 fully saturated rings. The fraction of sp³-hybridized carbons (Fsp3) is 0.571. The molecular weight excluding hydrogens is 146 g/mol. The highest BCUT2D eigenvalue weighted by molar-refractivity contribution is 5.93. The van der Waals surface area contributed by atoms with Crippen molar-refractivity contribution in [3.63, 3.8) is 0 Å². The number of β-amino-alcohol motifs (C(OH)–C–C–N with tert-alkyl or cyclic N) is 2. The molecule has 1 aliphatic rings. The third-order valence-electron chi connectivity index (χ3n) is 1.67. The predicted molar refractivity (Wildman–Crippen MR) is 37.4 cm³/mol. The van der Waals surface area contributed by atoms with Gasteiger partial charge in [0.15, 0.2) is 0 Å². The Balaban J connectivity index is 2.55. The molecule has 0 aliphatic carbocycles. The Kier molecular flexibility index (Phi) is 2.13. The largest absolute Gasteiger partial charge is 0.388 e. The van der Waals surface area contributed by atoms with E-state index in [0.717, 1.165) is 0 Å². The molecule has 0 saturated carbocycles. The third kappa shape index (κ3) is 1.50. The van der Waals surface area contributed by atoms with Crippen molar-refractivity contribution in [2.45, 2.75) is 12.2 Å². The molecule has 2 atom stereocenters. The van der Waals surface area contributed by atoms with E-state index in [4.69, 9.17) is 16.6 Å². The highest BCUT2D eigenvalue weighted by Gasteiger charge is 2.31. The van der Waals surface area contributed by atoms with Gasteiger partial charge in [0.1, 0.15) is 0 Å². The molecule has 1 aliphatic heterocycles. The number of carbonyl (C=O) groups excluding carboxylic acids is 1. The first-order valence-electron chi connectivity index (χ1n) is 3.27. The maximum atomic E-state index is 10.8. The Morgan fingerprint density at radius 3 is 2.27 bits per heavy atom. The summed E-state index contributed by atoms with van der Waals surface area (Å²) in [5, 5.41) is 18.0. The van der Waals surface area contributed by atoms with Gasteiger partial charge in [0.05, 0.1) is 25.3 Å². The minimum Gasteiger partial charge on any atom is -0.388 e. The second-order valence-electron chi connectivity index (χ2n) is 2.49. The van der Waals surface area contributed by atoms with E-state index in [1.54, 1.807) is 0 Å². The zero-order chi connectivity index (χ0) is 8.43. The number of likely N-dealkylation sites (tertiary alicyclic amines) is 1. The smallest absolute Gasteiger partial charge is 0.298 e. The van der Waals surface area contributed by atoms with Gasteiger partial charge < -0.3 is 15.1 Å². The van der Waals surface area contributed by atoms with Gasteiger partial charge in [0.2, 0.25) is 0 Å². The lowest BCUT2D eigenvalue weighted by Gasteiger charge is -2.09. The highest BCUT2D eigenvalue weighted by Crippen LogP contribution is 2.09. The van der Waals surface area contributed by atoms with E-state index in [1.807, 2.05) is 5.92 Å². The van der Waals surface area contributed by atoms with Crippen molar-refractivity contribution < 1.29 is 15.0 Å². The van der Waals surface area contributed by atoms with Crippen LogP contribution in [0.15, 0.2) is 0 Å². The summed E-state index contributed by atoms with van der Waals surface area (Å²) in [4.78, 5) is 12.0. The van der Waals surface area contributed by atoms with Gasteiger partial charge in [-0.1, -0.05) is 0 Å². The molecule has 1 rings (SSSR count). The van der Waals surface area contributed by atoms with Gasteiger partial charge in [-0.05, 0) is 5.92 Å². The summed E-state index contributed by atoms with van der Waals surface area (Å²) in [5.74, 6) is 1.43. The normalized spacial score (nSPS) is 30.1. The Morgan fingerprint density at radius 2 is 1.91 bits per heavy atom. The van der Waals surface area contributed by atoms with Crippen molar-refractivity contribution in [1.29, 1.82) is 0 Å². The topological polar surface area (TPSA) is 60.8 Å². The average molecular weight is 155 g/mol. The maximum Gasteiger partial charge on any atom is 0.298 e. The molecule has 0 aromatic heterocycles. The highest BCUT2D eigenvalue weighted by atomic mass is 16.3. The number of aliphatic hydroxyl groups excluding tert-OH is 2. The fourth-order valence-electron chi connectivity index (χ4n) is 1.03. The van der Waals surface area contributed by atoms with Crippen LogP contribution in [0.1, 0.15) is 0 Å². The Hall–Kier alpha value is -1.05. The Labute approximate surface area is 64.4 Å². The third-order valence-corrected chi connectivity index (χ3v) is 1.67. The summed E-state index contributed by atoms with van der Waals surface area (Å²) in [5.41, 5.74) is 0. The second-order valence-corrected chi connectivity index (χ2v) is 2.49. The van der Waals surface area contributed by atoms with E-state index in [1.165, 1.54) is 4.90 Å². The van der Waals surface area contributed by atoms with E-state index < -0.39 is 18.1 Å². The number of carbonyl (C=O) groups is 1. The van der Waals surface area contributed by atoms with Crippen molar-refractivity contribution in [2.24, 2.45) is 0 Å². The molecule has 0 spiro atoms.